The van der Waals surface area contributed by atoms with E-state index in [4.69, 9.17) is 16.6 Å². The third-order valence-electron chi connectivity index (χ3n) is 1.08. The van der Waals surface area contributed by atoms with Crippen molar-refractivity contribution in [1.82, 2.24) is 0 Å². The molecule has 0 saturated heterocycles. The Balaban J connectivity index is 3.36. The van der Waals surface area contributed by atoms with Gasteiger partial charge in [0.1, 0.15) is 0 Å². The highest BCUT2D eigenvalue weighted by Gasteiger charge is 1.99. The normalized spacial score (nSPS) is 12.5. The lowest BCUT2D eigenvalue weighted by molar-refractivity contribution is 0.374. The minimum Gasteiger partial charge on any atom is -0.386 e. The number of hydrogen-bond acceptors (Lipinski definition) is 3. The predicted molar refractivity (Wildman–Crippen MR) is 49.4 cm³/mol. The molecule has 0 radical (unpaired) electrons. The average molecular weight is 177 g/mol. The van der Waals surface area contributed by atoms with Gasteiger partial charge in [0.15, 0.2) is 5.96 Å². The van der Waals surface area contributed by atoms with Crippen molar-refractivity contribution in [2.24, 2.45) is 22.4 Å². The standard InChI is InChI=1S/C6H15N3OS/c1-5(3-11-4-10)2-9-6(7)8/h5,10H,2-4H2,1H3,(H4,7,8,9). The van der Waals surface area contributed by atoms with Crippen molar-refractivity contribution in [1.29, 1.82) is 0 Å². The van der Waals surface area contributed by atoms with E-state index in [0.717, 1.165) is 5.75 Å². The van der Waals surface area contributed by atoms with E-state index in [1.165, 1.54) is 11.8 Å². The van der Waals surface area contributed by atoms with Crippen LogP contribution in [-0.2, 0) is 0 Å². The van der Waals surface area contributed by atoms with Crippen LogP contribution in [0.2, 0.25) is 0 Å². The molecule has 0 amide bonds. The summed E-state index contributed by atoms with van der Waals surface area (Å²) >= 11 is 1.47. The Morgan fingerprint density at radius 3 is 2.73 bits per heavy atom. The lowest BCUT2D eigenvalue weighted by Crippen LogP contribution is -2.24. The maximum Gasteiger partial charge on any atom is 0.185 e. The largest absolute Gasteiger partial charge is 0.386 e. The molecule has 0 aromatic carbocycles. The Labute approximate surface area is 71.1 Å². The molecule has 0 aliphatic carbocycles. The molecule has 1 atom stereocenters. The SMILES string of the molecule is CC(CN=C(N)N)CSCO. The van der Waals surface area contributed by atoms with Crippen molar-refractivity contribution in [2.45, 2.75) is 6.92 Å². The highest BCUT2D eigenvalue weighted by molar-refractivity contribution is 7.99. The van der Waals surface area contributed by atoms with Crippen LogP contribution in [0.5, 0.6) is 0 Å². The lowest BCUT2D eigenvalue weighted by atomic mass is 10.2. The van der Waals surface area contributed by atoms with Gasteiger partial charge >= 0.3 is 0 Å². The van der Waals surface area contributed by atoms with Crippen LogP contribution in [0.25, 0.3) is 0 Å². The number of aliphatic hydroxyl groups excluding tert-OH is 1. The van der Waals surface area contributed by atoms with Gasteiger partial charge in [0.25, 0.3) is 0 Å². The quantitative estimate of drug-likeness (QED) is 0.302. The number of nitrogens with two attached hydrogens (primary N) is 2. The molecule has 0 heterocycles. The first-order valence-electron chi connectivity index (χ1n) is 3.40. The zero-order chi connectivity index (χ0) is 8.69. The lowest BCUT2D eigenvalue weighted by Gasteiger charge is -2.05. The molecule has 1 unspecified atom stereocenters. The topological polar surface area (TPSA) is 84.6 Å². The third-order valence-corrected chi connectivity index (χ3v) is 2.07. The van der Waals surface area contributed by atoms with Gasteiger partial charge in [0, 0.05) is 6.54 Å². The molecular formula is C6H15N3OS. The molecule has 0 saturated carbocycles. The Hall–Kier alpha value is -0.420. The number of thioether (sulfide) groups is 1. The molecule has 5 N–H and O–H groups in total. The zero-order valence-corrected chi connectivity index (χ0v) is 7.47. The van der Waals surface area contributed by atoms with Gasteiger partial charge in [0.2, 0.25) is 0 Å². The smallest absolute Gasteiger partial charge is 0.185 e. The predicted octanol–water partition coefficient (Wildman–Crippen LogP) is -0.421. The van der Waals surface area contributed by atoms with Gasteiger partial charge in [-0.1, -0.05) is 6.92 Å². The summed E-state index contributed by atoms with van der Waals surface area (Å²) in [5.74, 6) is 1.58. The van der Waals surface area contributed by atoms with Gasteiger partial charge < -0.3 is 16.6 Å². The molecule has 0 bridgehead atoms. The van der Waals surface area contributed by atoms with Crippen molar-refractivity contribution < 1.29 is 5.11 Å². The van der Waals surface area contributed by atoms with Gasteiger partial charge in [0.05, 0.1) is 5.94 Å². The van der Waals surface area contributed by atoms with Crippen molar-refractivity contribution in [2.75, 3.05) is 18.2 Å². The molecule has 0 aliphatic rings. The van der Waals surface area contributed by atoms with E-state index in [-0.39, 0.29) is 11.9 Å². The van der Waals surface area contributed by atoms with Crippen molar-refractivity contribution in [3.8, 4) is 0 Å². The molecule has 5 heteroatoms. The minimum absolute atomic E-state index is 0.130. The molecular weight excluding hydrogens is 162 g/mol. The van der Waals surface area contributed by atoms with Crippen molar-refractivity contribution in [3.63, 3.8) is 0 Å². The van der Waals surface area contributed by atoms with Crippen LogP contribution in [0.3, 0.4) is 0 Å². The summed E-state index contributed by atoms with van der Waals surface area (Å²) in [5.41, 5.74) is 10.3. The van der Waals surface area contributed by atoms with Crippen LogP contribution in [0.15, 0.2) is 4.99 Å². The molecule has 0 rings (SSSR count). The number of nitrogens with zero attached hydrogens (tertiary/aromatic N) is 1. The van der Waals surface area contributed by atoms with Gasteiger partial charge in [-0.25, -0.2) is 0 Å². The molecule has 4 nitrogen and oxygen atoms in total. The second kappa shape index (κ2) is 6.30. The number of rotatable bonds is 5. The summed E-state index contributed by atoms with van der Waals surface area (Å²) < 4.78 is 0. The summed E-state index contributed by atoms with van der Waals surface area (Å²) in [6, 6.07) is 0. The monoisotopic (exact) mass is 177 g/mol. The fraction of sp³-hybridized carbons (Fsp3) is 0.833. The maximum absolute atomic E-state index is 8.47. The summed E-state index contributed by atoms with van der Waals surface area (Å²) in [6.45, 7) is 2.67. The fourth-order valence-corrected chi connectivity index (χ4v) is 1.18. The highest BCUT2D eigenvalue weighted by atomic mass is 32.2. The molecule has 0 aromatic heterocycles. The van der Waals surface area contributed by atoms with E-state index in [0.29, 0.717) is 12.5 Å². The molecule has 66 valence electrons. The first kappa shape index (κ1) is 10.6. The number of hydrogen-bond donors (Lipinski definition) is 3. The van der Waals surface area contributed by atoms with Gasteiger partial charge in [-0.3, -0.25) is 4.99 Å². The molecule has 0 spiro atoms. The van der Waals surface area contributed by atoms with Crippen molar-refractivity contribution in [3.05, 3.63) is 0 Å². The minimum atomic E-state index is 0.130. The summed E-state index contributed by atoms with van der Waals surface area (Å²) in [6.07, 6.45) is 0. The second-order valence-corrected chi connectivity index (χ2v) is 3.37. The fourth-order valence-electron chi connectivity index (χ4n) is 0.568. The van der Waals surface area contributed by atoms with Crippen LogP contribution in [0, 0.1) is 5.92 Å². The van der Waals surface area contributed by atoms with Gasteiger partial charge in [-0.05, 0) is 11.7 Å². The van der Waals surface area contributed by atoms with Crippen LogP contribution in [-0.4, -0.2) is 29.3 Å². The number of guanidine groups is 1. The summed E-state index contributed by atoms with van der Waals surface area (Å²) in [4.78, 5) is 3.85. The molecule has 0 aromatic rings. The van der Waals surface area contributed by atoms with Gasteiger partial charge in [-0.15, -0.1) is 11.8 Å². The van der Waals surface area contributed by atoms with E-state index in [1.807, 2.05) is 6.92 Å². The zero-order valence-electron chi connectivity index (χ0n) is 6.66. The highest BCUT2D eigenvalue weighted by Crippen LogP contribution is 2.06. The number of aliphatic imine (C=N–C) groups is 1. The maximum atomic E-state index is 8.47. The Morgan fingerprint density at radius 2 is 2.27 bits per heavy atom. The van der Waals surface area contributed by atoms with Crippen LogP contribution < -0.4 is 11.5 Å². The average Bonchev–Trinajstić information content (AvgIpc) is 1.97. The van der Waals surface area contributed by atoms with Crippen LogP contribution >= 0.6 is 11.8 Å². The van der Waals surface area contributed by atoms with E-state index in [9.17, 15) is 0 Å². The molecule has 0 fully saturated rings. The van der Waals surface area contributed by atoms with Crippen molar-refractivity contribution >= 4 is 17.7 Å². The second-order valence-electron chi connectivity index (χ2n) is 2.37. The van der Waals surface area contributed by atoms with E-state index < -0.39 is 0 Å². The van der Waals surface area contributed by atoms with E-state index in [2.05, 4.69) is 4.99 Å². The first-order valence-corrected chi connectivity index (χ1v) is 4.56. The van der Waals surface area contributed by atoms with E-state index >= 15 is 0 Å². The number of aliphatic hydroxyl groups is 1. The first-order chi connectivity index (χ1) is 5.16. The molecule has 11 heavy (non-hydrogen) atoms. The van der Waals surface area contributed by atoms with Crippen LogP contribution in [0.1, 0.15) is 6.92 Å². The third kappa shape index (κ3) is 7.48. The van der Waals surface area contributed by atoms with Crippen LogP contribution in [0.4, 0.5) is 0 Å². The Kier molecular flexibility index (Phi) is 6.06. The summed E-state index contributed by atoms with van der Waals surface area (Å²) in [7, 11) is 0. The molecule has 0 aliphatic heterocycles. The van der Waals surface area contributed by atoms with Gasteiger partial charge in [-0.2, -0.15) is 0 Å². The summed E-state index contributed by atoms with van der Waals surface area (Å²) in [5, 5.41) is 8.47. The van der Waals surface area contributed by atoms with E-state index in [1.54, 1.807) is 0 Å². The Bertz CT molecular complexity index is 125. The Morgan fingerprint density at radius 1 is 1.64 bits per heavy atom.